The summed E-state index contributed by atoms with van der Waals surface area (Å²) in [5.74, 6) is 1.63. The number of aliphatic imine (C=N–C) groups is 2. The van der Waals surface area contributed by atoms with Crippen molar-refractivity contribution >= 4 is 55.3 Å². The van der Waals surface area contributed by atoms with Crippen LogP contribution in [0, 0.1) is 0 Å². The molecule has 3 heterocycles. The van der Waals surface area contributed by atoms with Crippen LogP contribution < -0.4 is 5.32 Å². The Labute approximate surface area is 289 Å². The summed E-state index contributed by atoms with van der Waals surface area (Å²) in [6.07, 6.45) is -0.373. The van der Waals surface area contributed by atoms with Crippen molar-refractivity contribution in [3.8, 4) is 11.4 Å². The molecule has 0 saturated carbocycles. The zero-order valence-corrected chi connectivity index (χ0v) is 27.1. The van der Waals surface area contributed by atoms with Gasteiger partial charge < -0.3 is 14.5 Å². The van der Waals surface area contributed by atoms with E-state index in [1.54, 1.807) is 0 Å². The fourth-order valence-corrected chi connectivity index (χ4v) is 7.46. The van der Waals surface area contributed by atoms with Crippen molar-refractivity contribution in [3.63, 3.8) is 0 Å². The SMILES string of the molecule is c1ccc(C2=NC(c3ccc(-n4c5ccccc5c5cc(-n6c7ccccc7c7ccccc76)ccc54)cc3)N=C(c3ccccc3)N2)cc1. The highest BCUT2D eigenvalue weighted by molar-refractivity contribution is 6.16. The molecule has 0 aliphatic carbocycles. The van der Waals surface area contributed by atoms with Crippen LogP contribution in [0.5, 0.6) is 0 Å². The zero-order valence-electron chi connectivity index (χ0n) is 27.1. The first kappa shape index (κ1) is 28.3. The highest BCUT2D eigenvalue weighted by Gasteiger charge is 2.21. The zero-order chi connectivity index (χ0) is 33.0. The van der Waals surface area contributed by atoms with Gasteiger partial charge >= 0.3 is 0 Å². The molecule has 0 unspecified atom stereocenters. The third-order valence-electron chi connectivity index (χ3n) is 9.78. The van der Waals surface area contributed by atoms with E-state index in [4.69, 9.17) is 9.98 Å². The van der Waals surface area contributed by atoms with Crippen LogP contribution in [-0.2, 0) is 0 Å². The minimum Gasteiger partial charge on any atom is -0.324 e. The molecule has 2 aromatic heterocycles. The largest absolute Gasteiger partial charge is 0.324 e. The molecule has 1 aliphatic heterocycles. The van der Waals surface area contributed by atoms with Crippen LogP contribution >= 0.6 is 0 Å². The maximum atomic E-state index is 5.08. The Morgan fingerprint density at radius 1 is 0.380 bits per heavy atom. The van der Waals surface area contributed by atoms with E-state index < -0.39 is 0 Å². The lowest BCUT2D eigenvalue weighted by Crippen LogP contribution is -2.35. The number of hydrogen-bond donors (Lipinski definition) is 1. The number of nitrogens with zero attached hydrogens (tertiary/aromatic N) is 4. The quantitative estimate of drug-likeness (QED) is 0.200. The molecule has 9 aromatic rings. The smallest absolute Gasteiger partial charge is 0.169 e. The van der Waals surface area contributed by atoms with Gasteiger partial charge in [0.1, 0.15) is 11.7 Å². The van der Waals surface area contributed by atoms with Gasteiger partial charge in [-0.25, -0.2) is 9.98 Å². The second-order valence-electron chi connectivity index (χ2n) is 12.7. The summed E-state index contributed by atoms with van der Waals surface area (Å²) in [6.45, 7) is 0. The van der Waals surface area contributed by atoms with E-state index in [0.29, 0.717) is 0 Å². The van der Waals surface area contributed by atoms with Gasteiger partial charge in [-0.3, -0.25) is 0 Å². The Morgan fingerprint density at radius 2 is 0.800 bits per heavy atom. The minimum absolute atomic E-state index is 0.373. The van der Waals surface area contributed by atoms with Gasteiger partial charge in [0.05, 0.1) is 22.1 Å². The lowest BCUT2D eigenvalue weighted by molar-refractivity contribution is 0.755. The van der Waals surface area contributed by atoms with Crippen LogP contribution in [0.3, 0.4) is 0 Å². The number of aromatic nitrogens is 2. The van der Waals surface area contributed by atoms with E-state index >= 15 is 0 Å². The van der Waals surface area contributed by atoms with Gasteiger partial charge in [0.25, 0.3) is 0 Å². The maximum absolute atomic E-state index is 5.08. The van der Waals surface area contributed by atoms with Crippen LogP contribution in [0.2, 0.25) is 0 Å². The van der Waals surface area contributed by atoms with E-state index in [-0.39, 0.29) is 6.17 Å². The molecule has 10 rings (SSSR count). The summed E-state index contributed by atoms with van der Waals surface area (Å²) in [4.78, 5) is 10.2. The highest BCUT2D eigenvalue weighted by atomic mass is 15.2. The Balaban J connectivity index is 1.09. The predicted molar refractivity (Wildman–Crippen MR) is 207 cm³/mol. The molecule has 0 amide bonds. The van der Waals surface area contributed by atoms with Crippen LogP contribution in [0.1, 0.15) is 22.9 Å². The van der Waals surface area contributed by atoms with Crippen molar-refractivity contribution in [1.82, 2.24) is 14.5 Å². The summed E-state index contributed by atoms with van der Waals surface area (Å²) in [5.41, 5.74) is 10.1. The van der Waals surface area contributed by atoms with Gasteiger partial charge in [0.15, 0.2) is 6.17 Å². The highest BCUT2D eigenvalue weighted by Crippen LogP contribution is 2.37. The number of rotatable bonds is 5. The van der Waals surface area contributed by atoms with Crippen molar-refractivity contribution in [2.75, 3.05) is 0 Å². The monoisotopic (exact) mass is 641 g/mol. The average molecular weight is 642 g/mol. The molecule has 0 bridgehead atoms. The first-order chi connectivity index (χ1) is 24.8. The van der Waals surface area contributed by atoms with Crippen molar-refractivity contribution in [1.29, 1.82) is 0 Å². The van der Waals surface area contributed by atoms with Gasteiger partial charge in [0, 0.05) is 44.0 Å². The Kier molecular flexibility index (Phi) is 6.49. The molecule has 7 aromatic carbocycles. The average Bonchev–Trinajstić information content (AvgIpc) is 3.71. The molecule has 5 nitrogen and oxygen atoms in total. The molecule has 236 valence electrons. The van der Waals surface area contributed by atoms with E-state index in [9.17, 15) is 0 Å². The normalized spacial score (nSPS) is 13.5. The fourth-order valence-electron chi connectivity index (χ4n) is 7.46. The molecular formula is C45H31N5. The Hall–Kier alpha value is -6.72. The molecule has 1 N–H and O–H groups in total. The van der Waals surface area contributed by atoms with Gasteiger partial charge in [0.2, 0.25) is 0 Å². The predicted octanol–water partition coefficient (Wildman–Crippen LogP) is 10.4. The number of para-hydroxylation sites is 3. The third-order valence-corrected chi connectivity index (χ3v) is 9.78. The number of nitrogens with one attached hydrogen (secondary N) is 1. The van der Waals surface area contributed by atoms with Crippen molar-refractivity contribution < 1.29 is 0 Å². The first-order valence-electron chi connectivity index (χ1n) is 17.0. The van der Waals surface area contributed by atoms with Crippen LogP contribution in [0.15, 0.2) is 186 Å². The molecular weight excluding hydrogens is 611 g/mol. The number of hydrogen-bond acceptors (Lipinski definition) is 3. The second kappa shape index (κ2) is 11.5. The van der Waals surface area contributed by atoms with E-state index in [1.165, 1.54) is 43.6 Å². The summed E-state index contributed by atoms with van der Waals surface area (Å²) >= 11 is 0. The molecule has 5 heteroatoms. The topological polar surface area (TPSA) is 46.6 Å². The van der Waals surface area contributed by atoms with Crippen molar-refractivity contribution in [2.24, 2.45) is 9.98 Å². The van der Waals surface area contributed by atoms with Crippen LogP contribution in [0.25, 0.3) is 55.0 Å². The van der Waals surface area contributed by atoms with Crippen LogP contribution in [0.4, 0.5) is 0 Å². The lowest BCUT2D eigenvalue weighted by atomic mass is 10.1. The van der Waals surface area contributed by atoms with Crippen LogP contribution in [-0.4, -0.2) is 20.8 Å². The maximum Gasteiger partial charge on any atom is 0.169 e. The summed E-state index contributed by atoms with van der Waals surface area (Å²) in [7, 11) is 0. The van der Waals surface area contributed by atoms with Gasteiger partial charge in [-0.1, -0.05) is 127 Å². The van der Waals surface area contributed by atoms with Gasteiger partial charge in [-0.2, -0.15) is 0 Å². The summed E-state index contributed by atoms with van der Waals surface area (Å²) < 4.78 is 4.75. The minimum atomic E-state index is -0.373. The Morgan fingerprint density at radius 3 is 1.34 bits per heavy atom. The molecule has 1 aliphatic rings. The molecule has 0 atom stereocenters. The van der Waals surface area contributed by atoms with Crippen molar-refractivity contribution in [3.05, 3.63) is 193 Å². The summed E-state index contributed by atoms with van der Waals surface area (Å²) in [5, 5.41) is 8.46. The van der Waals surface area contributed by atoms with E-state index in [2.05, 4.69) is 154 Å². The Bertz CT molecular complexity index is 2660. The second-order valence-corrected chi connectivity index (χ2v) is 12.7. The first-order valence-corrected chi connectivity index (χ1v) is 17.0. The molecule has 0 fully saturated rings. The molecule has 0 spiro atoms. The standard InChI is InChI=1S/C45H31N5/c1-3-13-30(14-4-1)43-46-44(31-15-5-2-6-16-31)48-45(47-43)32-23-25-33(26-24-32)49-41-22-12-9-19-37(41)38-29-34(27-28-42(38)49)50-39-20-10-7-17-35(39)36-18-8-11-21-40(36)50/h1-29,45H,(H,46,47,48). The van der Waals surface area contributed by atoms with Gasteiger partial charge in [-0.15, -0.1) is 0 Å². The molecule has 0 saturated heterocycles. The summed E-state index contributed by atoms with van der Waals surface area (Å²) in [6, 6.07) is 62.1. The lowest BCUT2D eigenvalue weighted by Gasteiger charge is -2.22. The van der Waals surface area contributed by atoms with E-state index in [0.717, 1.165) is 39.7 Å². The number of fused-ring (bicyclic) bond motifs is 6. The van der Waals surface area contributed by atoms with E-state index in [1.807, 2.05) is 36.4 Å². The van der Waals surface area contributed by atoms with Crippen molar-refractivity contribution in [2.45, 2.75) is 6.17 Å². The van der Waals surface area contributed by atoms with Gasteiger partial charge in [-0.05, 0) is 54.1 Å². The molecule has 0 radical (unpaired) electrons. The molecule has 50 heavy (non-hydrogen) atoms. The fraction of sp³-hybridized carbons (Fsp3) is 0.0222. The number of benzene rings is 7. The third kappa shape index (κ3) is 4.55. The number of amidine groups is 2.